The molecule has 3 aromatic heterocycles. The molecule has 3 heterocycles. The number of amides is 1. The standard InChI is InChI=1S/C25H22ClN7O3/c1-15-29-23(32-36-15)16-4-7-19(20(26)12-16)21-8-5-18(14-28-21)24(34)30-22-9-6-17(13-27)25(31-22)35-11-10-33(2)3/h4-9,12,14H,10-11H2,1-3H3,(H,30,31,34). The zero-order chi connectivity index (χ0) is 25.7. The number of hydrogen-bond donors (Lipinski definition) is 1. The molecule has 4 aromatic rings. The van der Waals surface area contributed by atoms with Gasteiger partial charge in [-0.25, -0.2) is 0 Å². The maximum absolute atomic E-state index is 12.7. The molecule has 0 fully saturated rings. The van der Waals surface area contributed by atoms with Crippen molar-refractivity contribution < 1.29 is 14.1 Å². The minimum Gasteiger partial charge on any atom is -0.475 e. The second-order valence-electron chi connectivity index (χ2n) is 8.03. The van der Waals surface area contributed by atoms with Gasteiger partial charge in [-0.15, -0.1) is 0 Å². The predicted molar refractivity (Wildman–Crippen MR) is 134 cm³/mol. The van der Waals surface area contributed by atoms with E-state index in [0.717, 1.165) is 5.56 Å². The number of pyridine rings is 2. The number of carbonyl (C=O) groups excluding carboxylic acids is 1. The first kappa shape index (κ1) is 24.8. The van der Waals surface area contributed by atoms with E-state index >= 15 is 0 Å². The average molecular weight is 504 g/mol. The quantitative estimate of drug-likeness (QED) is 0.375. The lowest BCUT2D eigenvalue weighted by Gasteiger charge is -2.12. The summed E-state index contributed by atoms with van der Waals surface area (Å²) in [4.78, 5) is 27.6. The van der Waals surface area contributed by atoms with Crippen molar-refractivity contribution in [1.29, 1.82) is 5.26 Å². The topological polar surface area (TPSA) is 130 Å². The Morgan fingerprint density at radius 2 is 2.03 bits per heavy atom. The Labute approximate surface area is 212 Å². The van der Waals surface area contributed by atoms with E-state index in [2.05, 4.69) is 25.4 Å². The molecule has 0 saturated carbocycles. The lowest BCUT2D eigenvalue weighted by atomic mass is 10.1. The van der Waals surface area contributed by atoms with Crippen LogP contribution in [0.5, 0.6) is 5.88 Å². The monoisotopic (exact) mass is 503 g/mol. The molecule has 0 aliphatic carbocycles. The smallest absolute Gasteiger partial charge is 0.258 e. The molecule has 0 bridgehead atoms. The van der Waals surface area contributed by atoms with Gasteiger partial charge in [0.25, 0.3) is 5.91 Å². The number of nitriles is 1. The molecule has 0 radical (unpaired) electrons. The number of anilines is 1. The Balaban J connectivity index is 1.46. The second-order valence-corrected chi connectivity index (χ2v) is 8.44. The van der Waals surface area contributed by atoms with Crippen LogP contribution >= 0.6 is 11.6 Å². The third-order valence-corrected chi connectivity index (χ3v) is 5.37. The van der Waals surface area contributed by atoms with Crippen molar-refractivity contribution in [2.45, 2.75) is 6.92 Å². The first-order valence-corrected chi connectivity index (χ1v) is 11.3. The summed E-state index contributed by atoms with van der Waals surface area (Å²) < 4.78 is 10.6. The van der Waals surface area contributed by atoms with E-state index in [0.29, 0.717) is 46.7 Å². The van der Waals surface area contributed by atoms with Crippen molar-refractivity contribution in [3.05, 3.63) is 70.7 Å². The maximum atomic E-state index is 12.7. The molecule has 0 unspecified atom stereocenters. The summed E-state index contributed by atoms with van der Waals surface area (Å²) in [5.74, 6) is 0.936. The van der Waals surface area contributed by atoms with E-state index in [1.807, 2.05) is 37.2 Å². The first-order chi connectivity index (χ1) is 17.3. The van der Waals surface area contributed by atoms with Crippen LogP contribution in [0.3, 0.4) is 0 Å². The highest BCUT2D eigenvalue weighted by atomic mass is 35.5. The van der Waals surface area contributed by atoms with Crippen molar-refractivity contribution in [3.63, 3.8) is 0 Å². The number of nitrogens with one attached hydrogen (secondary N) is 1. The van der Waals surface area contributed by atoms with Crippen molar-refractivity contribution in [2.75, 3.05) is 32.6 Å². The predicted octanol–water partition coefficient (Wildman–Crippen LogP) is 4.22. The largest absolute Gasteiger partial charge is 0.475 e. The van der Waals surface area contributed by atoms with Gasteiger partial charge in [-0.2, -0.15) is 15.2 Å². The Bertz CT molecular complexity index is 1430. The van der Waals surface area contributed by atoms with Gasteiger partial charge < -0.3 is 19.5 Å². The van der Waals surface area contributed by atoms with E-state index in [1.165, 1.54) is 6.20 Å². The average Bonchev–Trinajstić information content (AvgIpc) is 3.30. The molecule has 0 aliphatic rings. The highest BCUT2D eigenvalue weighted by molar-refractivity contribution is 6.33. The number of benzene rings is 1. The van der Waals surface area contributed by atoms with Gasteiger partial charge >= 0.3 is 0 Å². The van der Waals surface area contributed by atoms with Gasteiger partial charge in [0.05, 0.1) is 16.3 Å². The van der Waals surface area contributed by atoms with Crippen molar-refractivity contribution in [1.82, 2.24) is 25.0 Å². The minimum absolute atomic E-state index is 0.166. The number of aromatic nitrogens is 4. The van der Waals surface area contributed by atoms with Crippen LogP contribution in [-0.4, -0.2) is 58.2 Å². The van der Waals surface area contributed by atoms with Crippen LogP contribution in [-0.2, 0) is 0 Å². The van der Waals surface area contributed by atoms with E-state index in [9.17, 15) is 10.1 Å². The third kappa shape index (κ3) is 5.83. The van der Waals surface area contributed by atoms with E-state index in [-0.39, 0.29) is 17.3 Å². The third-order valence-electron chi connectivity index (χ3n) is 5.06. The summed E-state index contributed by atoms with van der Waals surface area (Å²) >= 11 is 6.47. The number of hydrogen-bond acceptors (Lipinski definition) is 9. The Morgan fingerprint density at radius 1 is 1.19 bits per heavy atom. The van der Waals surface area contributed by atoms with Crippen molar-refractivity contribution in [2.24, 2.45) is 0 Å². The molecule has 0 atom stereocenters. The van der Waals surface area contributed by atoms with Gasteiger partial charge in [0, 0.05) is 30.8 Å². The van der Waals surface area contributed by atoms with Crippen LogP contribution in [0.2, 0.25) is 5.02 Å². The molecular formula is C25H22ClN7O3. The van der Waals surface area contributed by atoms with Crippen LogP contribution in [0.25, 0.3) is 22.6 Å². The highest BCUT2D eigenvalue weighted by Gasteiger charge is 2.14. The van der Waals surface area contributed by atoms with Gasteiger partial charge in [-0.05, 0) is 44.4 Å². The van der Waals surface area contributed by atoms with E-state index < -0.39 is 5.91 Å². The molecular weight excluding hydrogens is 482 g/mol. The Morgan fingerprint density at radius 3 is 2.67 bits per heavy atom. The summed E-state index contributed by atoms with van der Waals surface area (Å²) in [6, 6.07) is 13.8. The molecule has 1 aromatic carbocycles. The van der Waals surface area contributed by atoms with Gasteiger partial charge in [-0.3, -0.25) is 9.78 Å². The molecule has 0 aliphatic heterocycles. The number of halogens is 1. The Kier molecular flexibility index (Phi) is 7.53. The van der Waals surface area contributed by atoms with Gasteiger partial charge in [0.2, 0.25) is 17.6 Å². The van der Waals surface area contributed by atoms with Crippen LogP contribution in [0.15, 0.2) is 53.2 Å². The van der Waals surface area contributed by atoms with E-state index in [4.69, 9.17) is 20.9 Å². The number of ether oxygens (including phenoxy) is 1. The molecule has 0 spiro atoms. The molecule has 182 valence electrons. The maximum Gasteiger partial charge on any atom is 0.258 e. The van der Waals surface area contributed by atoms with Crippen LogP contribution in [0, 0.1) is 18.3 Å². The summed E-state index contributed by atoms with van der Waals surface area (Å²) in [5.41, 5.74) is 2.63. The summed E-state index contributed by atoms with van der Waals surface area (Å²) in [7, 11) is 3.83. The van der Waals surface area contributed by atoms with Crippen LogP contribution in [0.4, 0.5) is 5.82 Å². The minimum atomic E-state index is -0.403. The van der Waals surface area contributed by atoms with Crippen molar-refractivity contribution >= 4 is 23.3 Å². The molecule has 0 saturated heterocycles. The summed E-state index contributed by atoms with van der Waals surface area (Å²) in [5, 5.41) is 16.4. The normalized spacial score (nSPS) is 10.8. The first-order valence-electron chi connectivity index (χ1n) is 10.9. The number of likely N-dealkylation sites (N-methyl/N-ethyl adjacent to an activating group) is 1. The highest BCUT2D eigenvalue weighted by Crippen LogP contribution is 2.30. The van der Waals surface area contributed by atoms with Crippen LogP contribution in [0.1, 0.15) is 21.8 Å². The molecule has 4 rings (SSSR count). The lowest BCUT2D eigenvalue weighted by molar-refractivity contribution is 0.102. The molecule has 11 heteroatoms. The van der Waals surface area contributed by atoms with Gasteiger partial charge in [-0.1, -0.05) is 28.9 Å². The number of nitrogens with zero attached hydrogens (tertiary/aromatic N) is 6. The van der Waals surface area contributed by atoms with Gasteiger partial charge in [0.1, 0.15) is 24.1 Å². The number of rotatable bonds is 8. The van der Waals surface area contributed by atoms with Crippen LogP contribution < -0.4 is 10.1 Å². The van der Waals surface area contributed by atoms with Gasteiger partial charge in [0.15, 0.2) is 0 Å². The number of carbonyl (C=O) groups is 1. The molecule has 1 N–H and O–H groups in total. The number of aryl methyl sites for hydroxylation is 1. The van der Waals surface area contributed by atoms with Crippen molar-refractivity contribution in [3.8, 4) is 34.6 Å². The van der Waals surface area contributed by atoms with E-state index in [1.54, 1.807) is 37.3 Å². The molecule has 10 nitrogen and oxygen atoms in total. The zero-order valence-corrected chi connectivity index (χ0v) is 20.6. The molecule has 36 heavy (non-hydrogen) atoms. The fourth-order valence-corrected chi connectivity index (χ4v) is 3.46. The summed E-state index contributed by atoms with van der Waals surface area (Å²) in [6.07, 6.45) is 1.45. The Hall–Kier alpha value is -4.33. The molecule has 1 amide bonds. The lowest BCUT2D eigenvalue weighted by Crippen LogP contribution is -2.20. The summed E-state index contributed by atoms with van der Waals surface area (Å²) in [6.45, 7) is 2.73. The second kappa shape index (κ2) is 10.9. The fraction of sp³-hybridized carbons (Fsp3) is 0.200. The SMILES string of the molecule is Cc1nc(-c2ccc(-c3ccc(C(=O)Nc4ccc(C#N)c(OCCN(C)C)n4)cn3)c(Cl)c2)no1. The fourth-order valence-electron chi connectivity index (χ4n) is 3.18. The zero-order valence-electron chi connectivity index (χ0n) is 19.8.